The van der Waals surface area contributed by atoms with Crippen molar-refractivity contribution in [2.75, 3.05) is 39.6 Å². The van der Waals surface area contributed by atoms with E-state index in [1.54, 1.807) is 0 Å². The Balaban J connectivity index is 5.23. The molecule has 3 unspecified atom stereocenters. The highest BCUT2D eigenvalue weighted by atomic mass is 31.2. The SMILES string of the molecule is CC(C)CCCCCCCCCCCCCCCCC(=O)OC[C@H](COP(=O)(O)OCC(O)COP(=O)(O)OC[C@@H](COC(=O)CCCCCCCCCCC(C)C)OC(=O)CCCCCCCCCC(C)C)OC(=O)CCCCCCCCCCCCC(C)C. The summed E-state index contributed by atoms with van der Waals surface area (Å²) in [6.07, 6.45) is 44.6. The van der Waals surface area contributed by atoms with E-state index in [2.05, 4.69) is 55.4 Å². The molecule has 3 N–H and O–H groups in total. The van der Waals surface area contributed by atoms with Crippen molar-refractivity contribution in [1.29, 1.82) is 0 Å². The van der Waals surface area contributed by atoms with Crippen LogP contribution in [0.5, 0.6) is 0 Å². The van der Waals surface area contributed by atoms with Crippen LogP contribution in [0.15, 0.2) is 0 Å². The number of unbranched alkanes of at least 4 members (excludes halogenated alkanes) is 35. The van der Waals surface area contributed by atoms with Crippen LogP contribution in [0.25, 0.3) is 0 Å². The van der Waals surface area contributed by atoms with Crippen LogP contribution in [0.1, 0.15) is 357 Å². The van der Waals surface area contributed by atoms with Crippen molar-refractivity contribution in [3.05, 3.63) is 0 Å². The van der Waals surface area contributed by atoms with Crippen molar-refractivity contribution >= 4 is 39.5 Å². The fraction of sp³-hybridized carbons (Fsp3) is 0.944. The zero-order valence-electron chi connectivity index (χ0n) is 59.5. The number of phosphoric acid groups is 2. The number of hydrogen-bond acceptors (Lipinski definition) is 15. The van der Waals surface area contributed by atoms with E-state index in [1.165, 1.54) is 161 Å². The van der Waals surface area contributed by atoms with Crippen LogP contribution in [0, 0.1) is 23.7 Å². The van der Waals surface area contributed by atoms with Gasteiger partial charge in [-0.05, 0) is 49.4 Å². The lowest BCUT2D eigenvalue weighted by atomic mass is 10.0. The van der Waals surface area contributed by atoms with Crippen molar-refractivity contribution in [2.45, 2.75) is 375 Å². The standard InChI is InChI=1S/C72H140O17P2/c1-62(2)48-40-32-24-17-13-11-9-10-12-14-19-28-36-44-52-69(74)82-58-67(88-71(76)54-46-38-30-20-16-15-18-25-33-41-49-63(3)4)60-86-90(78,79)84-56-66(73)57-85-91(80,81)87-61-68(89-72(77)55-47-39-31-23-27-35-43-51-65(7)8)59-83-70(75)53-45-37-29-22-21-26-34-42-50-64(5)6/h62-68,73H,9-61H2,1-8H3,(H,78,79)(H,80,81)/t66?,67-,68-/m1/s1. The Morgan fingerprint density at radius 3 is 0.681 bits per heavy atom. The number of phosphoric ester groups is 2. The molecule has 19 heteroatoms. The molecule has 5 atom stereocenters. The Hall–Kier alpha value is -1.94. The number of aliphatic hydroxyl groups is 1. The summed E-state index contributed by atoms with van der Waals surface area (Å²) >= 11 is 0. The fourth-order valence-electron chi connectivity index (χ4n) is 10.8. The Morgan fingerprint density at radius 2 is 0.462 bits per heavy atom. The summed E-state index contributed by atoms with van der Waals surface area (Å²) < 4.78 is 68.3. The second-order valence-corrected chi connectivity index (χ2v) is 30.8. The Labute approximate surface area is 556 Å². The highest BCUT2D eigenvalue weighted by molar-refractivity contribution is 7.47. The molecule has 0 aromatic rings. The van der Waals surface area contributed by atoms with E-state index in [0.29, 0.717) is 31.6 Å². The van der Waals surface area contributed by atoms with E-state index in [4.69, 9.17) is 37.0 Å². The van der Waals surface area contributed by atoms with Gasteiger partial charge in [0.1, 0.15) is 19.3 Å². The maximum atomic E-state index is 13.0. The van der Waals surface area contributed by atoms with E-state index in [0.717, 1.165) is 108 Å². The molecule has 0 aromatic heterocycles. The molecule has 0 aromatic carbocycles. The van der Waals surface area contributed by atoms with Gasteiger partial charge in [-0.3, -0.25) is 37.3 Å². The minimum absolute atomic E-state index is 0.102. The predicted molar refractivity (Wildman–Crippen MR) is 367 cm³/mol. The lowest BCUT2D eigenvalue weighted by Crippen LogP contribution is -2.30. The molecular weight excluding hydrogens is 1200 g/mol. The van der Waals surface area contributed by atoms with E-state index < -0.39 is 97.5 Å². The molecule has 0 rings (SSSR count). The van der Waals surface area contributed by atoms with Gasteiger partial charge in [-0.25, -0.2) is 9.13 Å². The summed E-state index contributed by atoms with van der Waals surface area (Å²) in [7, 11) is -9.90. The van der Waals surface area contributed by atoms with Crippen molar-refractivity contribution in [3.8, 4) is 0 Å². The summed E-state index contributed by atoms with van der Waals surface area (Å²) in [5.74, 6) is 0.844. The first kappa shape index (κ1) is 89.1. The number of esters is 4. The molecule has 0 heterocycles. The van der Waals surface area contributed by atoms with Crippen LogP contribution in [0.2, 0.25) is 0 Å². The topological polar surface area (TPSA) is 237 Å². The minimum Gasteiger partial charge on any atom is -0.462 e. The molecule has 540 valence electrons. The van der Waals surface area contributed by atoms with Crippen molar-refractivity contribution in [1.82, 2.24) is 0 Å². The summed E-state index contributed by atoms with van der Waals surface area (Å²) in [5.41, 5.74) is 0. The molecular formula is C72H140O17P2. The third-order valence-corrected chi connectivity index (χ3v) is 18.5. The van der Waals surface area contributed by atoms with Crippen molar-refractivity contribution in [3.63, 3.8) is 0 Å². The normalized spacial score (nSPS) is 14.2. The first-order chi connectivity index (χ1) is 43.6. The van der Waals surface area contributed by atoms with Crippen LogP contribution in [-0.4, -0.2) is 96.7 Å². The van der Waals surface area contributed by atoms with Crippen molar-refractivity contribution < 1.29 is 80.2 Å². The van der Waals surface area contributed by atoms with Gasteiger partial charge in [0, 0.05) is 25.7 Å². The van der Waals surface area contributed by atoms with E-state index >= 15 is 0 Å². The van der Waals surface area contributed by atoms with Crippen LogP contribution < -0.4 is 0 Å². The number of rotatable bonds is 69. The number of hydrogen-bond donors (Lipinski definition) is 3. The smallest absolute Gasteiger partial charge is 0.462 e. The van der Waals surface area contributed by atoms with Gasteiger partial charge < -0.3 is 33.8 Å². The predicted octanol–water partition coefficient (Wildman–Crippen LogP) is 20.5. The molecule has 0 aliphatic heterocycles. The number of aliphatic hydroxyl groups excluding tert-OH is 1. The molecule has 0 amide bonds. The van der Waals surface area contributed by atoms with Gasteiger partial charge in [0.05, 0.1) is 26.4 Å². The summed E-state index contributed by atoms with van der Waals surface area (Å²) in [5, 5.41) is 10.6. The molecule has 0 fully saturated rings. The minimum atomic E-state index is -4.95. The highest BCUT2D eigenvalue weighted by Crippen LogP contribution is 2.45. The zero-order chi connectivity index (χ0) is 67.5. The highest BCUT2D eigenvalue weighted by Gasteiger charge is 2.30. The van der Waals surface area contributed by atoms with Gasteiger partial charge in [0.25, 0.3) is 0 Å². The number of carbonyl (C=O) groups is 4. The van der Waals surface area contributed by atoms with Crippen LogP contribution in [0.3, 0.4) is 0 Å². The molecule has 0 saturated carbocycles. The molecule has 0 aliphatic rings. The van der Waals surface area contributed by atoms with Gasteiger partial charge in [-0.2, -0.15) is 0 Å². The van der Waals surface area contributed by atoms with Gasteiger partial charge in [0.2, 0.25) is 0 Å². The Kier molecular flexibility index (Phi) is 60.3. The van der Waals surface area contributed by atoms with Crippen molar-refractivity contribution in [2.24, 2.45) is 23.7 Å². The third-order valence-electron chi connectivity index (χ3n) is 16.6. The fourth-order valence-corrected chi connectivity index (χ4v) is 12.4. The van der Waals surface area contributed by atoms with E-state index in [1.807, 2.05) is 0 Å². The van der Waals surface area contributed by atoms with Gasteiger partial charge in [0.15, 0.2) is 12.2 Å². The molecule has 0 bridgehead atoms. The van der Waals surface area contributed by atoms with E-state index in [9.17, 15) is 43.2 Å². The number of ether oxygens (including phenoxy) is 4. The molecule has 0 aliphatic carbocycles. The summed E-state index contributed by atoms with van der Waals surface area (Å²) in [4.78, 5) is 72.6. The Morgan fingerprint density at radius 1 is 0.275 bits per heavy atom. The molecule has 0 radical (unpaired) electrons. The average Bonchev–Trinajstić information content (AvgIpc) is 3.54. The quantitative estimate of drug-likeness (QED) is 0.0222. The maximum Gasteiger partial charge on any atom is 0.472 e. The van der Waals surface area contributed by atoms with Gasteiger partial charge >= 0.3 is 39.5 Å². The zero-order valence-corrected chi connectivity index (χ0v) is 61.3. The summed E-state index contributed by atoms with van der Waals surface area (Å²) in [6.45, 7) is 14.1. The third kappa shape index (κ3) is 66.5. The molecule has 0 spiro atoms. The average molecular weight is 1340 g/mol. The lowest BCUT2D eigenvalue weighted by Gasteiger charge is -2.21. The van der Waals surface area contributed by atoms with E-state index in [-0.39, 0.29) is 25.7 Å². The second-order valence-electron chi connectivity index (χ2n) is 27.9. The summed E-state index contributed by atoms with van der Waals surface area (Å²) in [6, 6.07) is 0. The molecule has 0 saturated heterocycles. The van der Waals surface area contributed by atoms with Gasteiger partial charge in [-0.15, -0.1) is 0 Å². The first-order valence-electron chi connectivity index (χ1n) is 37.2. The largest absolute Gasteiger partial charge is 0.472 e. The lowest BCUT2D eigenvalue weighted by molar-refractivity contribution is -0.161. The first-order valence-corrected chi connectivity index (χ1v) is 40.2. The number of carbonyl (C=O) groups excluding carboxylic acids is 4. The molecule has 91 heavy (non-hydrogen) atoms. The second kappa shape index (κ2) is 61.6. The maximum absolute atomic E-state index is 13.0. The van der Waals surface area contributed by atoms with Crippen LogP contribution >= 0.6 is 15.6 Å². The monoisotopic (exact) mass is 1340 g/mol. The van der Waals surface area contributed by atoms with Crippen LogP contribution in [-0.2, 0) is 65.4 Å². The Bertz CT molecular complexity index is 1800. The molecule has 17 nitrogen and oxygen atoms in total. The van der Waals surface area contributed by atoms with Gasteiger partial charge in [-0.1, -0.05) is 306 Å². The van der Waals surface area contributed by atoms with Crippen LogP contribution in [0.4, 0.5) is 0 Å².